The monoisotopic (exact) mass is 538 g/mol. The molecule has 0 radical (unpaired) electrons. The van der Waals surface area contributed by atoms with Crippen molar-refractivity contribution in [3.63, 3.8) is 0 Å². The van der Waals surface area contributed by atoms with Gasteiger partial charge in [0.2, 0.25) is 0 Å². The van der Waals surface area contributed by atoms with Gasteiger partial charge in [-0.05, 0) is 109 Å². The van der Waals surface area contributed by atoms with Gasteiger partial charge in [0.1, 0.15) is 12.1 Å². The minimum absolute atomic E-state index is 0.430. The molecular formula is C22H42N2O4Si5. The fraction of sp³-hybridized carbons (Fsp3) is 0.636. The highest BCUT2D eigenvalue weighted by Gasteiger charge is 2.45. The highest BCUT2D eigenvalue weighted by atomic mass is 28.5. The Morgan fingerprint density at radius 1 is 0.667 bits per heavy atom. The van der Waals surface area contributed by atoms with Gasteiger partial charge in [0.25, 0.3) is 0 Å². The third-order valence-corrected chi connectivity index (χ3v) is 22.6. The second-order valence-electron chi connectivity index (χ2n) is 11.4. The van der Waals surface area contributed by atoms with Crippen molar-refractivity contribution in [2.24, 2.45) is 0 Å². The van der Waals surface area contributed by atoms with Gasteiger partial charge in [-0.25, -0.2) is 0 Å². The number of rotatable bonds is 12. The summed E-state index contributed by atoms with van der Waals surface area (Å²) in [7, 11) is -10.7. The average molecular weight is 539 g/mol. The highest BCUT2D eigenvalue weighted by Crippen LogP contribution is 2.27. The van der Waals surface area contributed by atoms with E-state index in [1.54, 1.807) is 6.07 Å². The van der Waals surface area contributed by atoms with Crippen molar-refractivity contribution >= 4 is 42.3 Å². The first-order valence-electron chi connectivity index (χ1n) is 11.5. The number of aryl methyl sites for hydroxylation is 1. The summed E-state index contributed by atoms with van der Waals surface area (Å²) in [5, 5.41) is 18.3. The Morgan fingerprint density at radius 2 is 1.15 bits per heavy atom. The highest BCUT2D eigenvalue weighted by molar-refractivity contribution is 6.90. The van der Waals surface area contributed by atoms with Crippen molar-refractivity contribution in [2.75, 3.05) is 0 Å². The lowest BCUT2D eigenvalue weighted by Crippen LogP contribution is -2.58. The molecule has 11 heteroatoms. The average Bonchev–Trinajstić information content (AvgIpc) is 2.55. The van der Waals surface area contributed by atoms with Crippen LogP contribution in [0.25, 0.3) is 0 Å². The van der Waals surface area contributed by atoms with E-state index in [0.717, 1.165) is 24.4 Å². The maximum atomic E-state index is 9.24. The van der Waals surface area contributed by atoms with Crippen LogP contribution < -0.4 is 0 Å². The predicted octanol–water partition coefficient (Wildman–Crippen LogP) is 6.57. The summed E-state index contributed by atoms with van der Waals surface area (Å²) in [6, 6.07) is 10.7. The van der Waals surface area contributed by atoms with Crippen LogP contribution in [-0.2, 0) is 22.9 Å². The summed E-state index contributed by atoms with van der Waals surface area (Å²) < 4.78 is 26.2. The molecule has 0 fully saturated rings. The van der Waals surface area contributed by atoms with Crippen LogP contribution in [0.5, 0.6) is 0 Å². The van der Waals surface area contributed by atoms with E-state index < -0.39 is 42.3 Å². The van der Waals surface area contributed by atoms with Crippen LogP contribution >= 0.6 is 0 Å². The standard InChI is InChI=1S/C22H42N2O4Si5/c1-29(2,3)25-31(6,7)27-33(10,11)28-32(8,9)26-30(4,5)16-12-13-20-14-15-21(18-23)22(17-20)19-24/h14-15,17H,12-13,16H2,1-11H3. The zero-order valence-corrected chi connectivity index (χ0v) is 27.4. The second kappa shape index (κ2) is 11.2. The van der Waals surface area contributed by atoms with Crippen LogP contribution in [0.15, 0.2) is 18.2 Å². The zero-order chi connectivity index (χ0) is 25.7. The van der Waals surface area contributed by atoms with Gasteiger partial charge >= 0.3 is 25.7 Å². The Bertz CT molecular complexity index is 900. The molecule has 0 aliphatic carbocycles. The molecule has 0 N–H and O–H groups in total. The predicted molar refractivity (Wildman–Crippen MR) is 147 cm³/mol. The van der Waals surface area contributed by atoms with Gasteiger partial charge in [-0.2, -0.15) is 10.5 Å². The van der Waals surface area contributed by atoms with Crippen LogP contribution in [0.3, 0.4) is 0 Å². The molecule has 0 unspecified atom stereocenters. The number of benzene rings is 1. The van der Waals surface area contributed by atoms with E-state index in [0.29, 0.717) is 11.1 Å². The lowest BCUT2D eigenvalue weighted by atomic mass is 10.0. The van der Waals surface area contributed by atoms with Gasteiger partial charge in [-0.1, -0.05) is 6.07 Å². The maximum absolute atomic E-state index is 9.24. The molecule has 1 rings (SSSR count). The molecule has 0 saturated heterocycles. The molecule has 1 aromatic rings. The van der Waals surface area contributed by atoms with Gasteiger partial charge in [-0.15, -0.1) is 0 Å². The lowest BCUT2D eigenvalue weighted by Gasteiger charge is -2.42. The van der Waals surface area contributed by atoms with Crippen molar-refractivity contribution in [3.05, 3.63) is 34.9 Å². The van der Waals surface area contributed by atoms with E-state index in [4.69, 9.17) is 21.7 Å². The number of nitriles is 2. The van der Waals surface area contributed by atoms with Crippen LogP contribution in [-0.4, -0.2) is 42.3 Å². The van der Waals surface area contributed by atoms with Gasteiger partial charge in [0.15, 0.2) is 16.6 Å². The summed E-state index contributed by atoms with van der Waals surface area (Å²) >= 11 is 0. The largest absolute Gasteiger partial charge is 0.437 e. The van der Waals surface area contributed by atoms with Crippen molar-refractivity contribution in [2.45, 2.75) is 90.9 Å². The molecule has 0 heterocycles. The molecule has 0 aromatic heterocycles. The molecule has 0 bridgehead atoms. The van der Waals surface area contributed by atoms with Crippen LogP contribution in [0, 0.1) is 22.7 Å². The normalized spacial score (nSPS) is 13.5. The summed E-state index contributed by atoms with van der Waals surface area (Å²) in [4.78, 5) is 0. The molecule has 33 heavy (non-hydrogen) atoms. The van der Waals surface area contributed by atoms with E-state index in [1.807, 2.05) is 12.1 Å². The maximum Gasteiger partial charge on any atom is 0.314 e. The lowest BCUT2D eigenvalue weighted by molar-refractivity contribution is 0.299. The first-order chi connectivity index (χ1) is 14.8. The minimum Gasteiger partial charge on any atom is -0.437 e. The van der Waals surface area contributed by atoms with Crippen LogP contribution in [0.4, 0.5) is 0 Å². The molecule has 1 aromatic carbocycles. The third-order valence-electron chi connectivity index (χ3n) is 4.63. The third kappa shape index (κ3) is 11.9. The Morgan fingerprint density at radius 3 is 1.64 bits per heavy atom. The summed E-state index contributed by atoms with van der Waals surface area (Å²) in [6.07, 6.45) is 1.84. The Hall–Kier alpha value is -0.876. The molecule has 0 aliphatic heterocycles. The van der Waals surface area contributed by atoms with Crippen LogP contribution in [0.2, 0.25) is 78.1 Å². The Labute approximate surface area is 206 Å². The van der Waals surface area contributed by atoms with Gasteiger partial charge in [-0.3, -0.25) is 0 Å². The van der Waals surface area contributed by atoms with Crippen molar-refractivity contribution in [1.29, 1.82) is 10.5 Å². The molecule has 184 valence electrons. The van der Waals surface area contributed by atoms with Crippen molar-refractivity contribution in [1.82, 2.24) is 0 Å². The Kier molecular flexibility index (Phi) is 10.3. The summed E-state index contributed by atoms with van der Waals surface area (Å²) in [5.74, 6) is 0. The first kappa shape index (κ1) is 30.2. The van der Waals surface area contributed by atoms with Gasteiger partial charge < -0.3 is 16.5 Å². The van der Waals surface area contributed by atoms with E-state index in [1.165, 1.54) is 0 Å². The summed E-state index contributed by atoms with van der Waals surface area (Å²) in [6.45, 7) is 23.7. The second-order valence-corrected chi connectivity index (χ2v) is 31.3. The van der Waals surface area contributed by atoms with E-state index in [-0.39, 0.29) is 0 Å². The number of hydrogen-bond donors (Lipinski definition) is 0. The summed E-state index contributed by atoms with van der Waals surface area (Å²) in [5.41, 5.74) is 1.96. The van der Waals surface area contributed by atoms with E-state index in [2.05, 4.69) is 84.2 Å². The number of nitrogens with zero attached hydrogens (tertiary/aromatic N) is 2. The smallest absolute Gasteiger partial charge is 0.314 e. The van der Waals surface area contributed by atoms with Crippen LogP contribution in [0.1, 0.15) is 23.1 Å². The minimum atomic E-state index is -2.42. The van der Waals surface area contributed by atoms with E-state index in [9.17, 15) is 5.26 Å². The molecule has 0 amide bonds. The molecule has 0 atom stereocenters. The van der Waals surface area contributed by atoms with Crippen molar-refractivity contribution < 1.29 is 16.5 Å². The fourth-order valence-electron chi connectivity index (χ4n) is 4.36. The molecule has 0 spiro atoms. The Balaban J connectivity index is 2.71. The van der Waals surface area contributed by atoms with E-state index >= 15 is 0 Å². The molecule has 0 aliphatic rings. The SMILES string of the molecule is C[Si](C)(C)O[Si](C)(C)O[Si](C)(C)O[Si](C)(C)O[Si](C)(C)CCCc1ccc(C#N)c(C#N)c1. The molecule has 0 saturated carbocycles. The van der Waals surface area contributed by atoms with Crippen molar-refractivity contribution in [3.8, 4) is 12.1 Å². The van der Waals surface area contributed by atoms with Gasteiger partial charge in [0.05, 0.1) is 11.1 Å². The first-order valence-corrected chi connectivity index (χ1v) is 26.5. The fourth-order valence-corrected chi connectivity index (χ4v) is 28.1. The zero-order valence-electron chi connectivity index (χ0n) is 22.4. The molecule has 6 nitrogen and oxygen atoms in total. The topological polar surface area (TPSA) is 84.5 Å². The molecular weight excluding hydrogens is 497 g/mol. The van der Waals surface area contributed by atoms with Gasteiger partial charge in [0, 0.05) is 0 Å². The quantitative estimate of drug-likeness (QED) is 0.280. The number of hydrogen-bond acceptors (Lipinski definition) is 6.